The first kappa shape index (κ1) is 19.0. The molecule has 0 saturated heterocycles. The highest BCUT2D eigenvalue weighted by Gasteiger charge is 2.29. The van der Waals surface area contributed by atoms with Gasteiger partial charge in [0.05, 0.1) is 0 Å². The van der Waals surface area contributed by atoms with Crippen molar-refractivity contribution in [3.05, 3.63) is 0 Å². The summed E-state index contributed by atoms with van der Waals surface area (Å²) < 4.78 is 0. The van der Waals surface area contributed by atoms with Crippen LogP contribution in [0.4, 0.5) is 0 Å². The Hall–Kier alpha value is -0.0400. The Morgan fingerprint density at radius 2 is 1.52 bits per heavy atom. The van der Waals surface area contributed by atoms with Gasteiger partial charge in [-0.05, 0) is 37.6 Å². The molecule has 0 aromatic heterocycles. The van der Waals surface area contributed by atoms with Gasteiger partial charge in [0, 0.05) is 6.04 Å². The molecule has 21 heavy (non-hydrogen) atoms. The lowest BCUT2D eigenvalue weighted by Crippen LogP contribution is -2.37. The maximum Gasteiger partial charge on any atom is 0.00978 e. The normalized spacial score (nSPS) is 23.6. The molecule has 0 amide bonds. The molecule has 1 N–H and O–H groups in total. The van der Waals surface area contributed by atoms with Crippen LogP contribution in [0, 0.1) is 11.8 Å². The molecular formula is C20H41N. The third kappa shape index (κ3) is 8.24. The Bertz CT molecular complexity index is 226. The average molecular weight is 296 g/mol. The highest BCUT2D eigenvalue weighted by Crippen LogP contribution is 2.35. The van der Waals surface area contributed by atoms with Gasteiger partial charge >= 0.3 is 0 Å². The molecule has 0 bridgehead atoms. The predicted molar refractivity (Wildman–Crippen MR) is 95.8 cm³/mol. The summed E-state index contributed by atoms with van der Waals surface area (Å²) in [7, 11) is 0. The summed E-state index contributed by atoms with van der Waals surface area (Å²) >= 11 is 0. The Labute approximate surface area is 134 Å². The molecule has 1 nitrogen and oxygen atoms in total. The number of nitrogens with one attached hydrogen (secondary N) is 1. The summed E-state index contributed by atoms with van der Waals surface area (Å²) in [4.78, 5) is 0. The van der Waals surface area contributed by atoms with Crippen LogP contribution >= 0.6 is 0 Å². The second-order valence-corrected chi connectivity index (χ2v) is 7.40. The molecule has 1 aliphatic carbocycles. The molecule has 0 radical (unpaired) electrons. The lowest BCUT2D eigenvalue weighted by atomic mass is 9.87. The van der Waals surface area contributed by atoms with Crippen molar-refractivity contribution in [3.8, 4) is 0 Å². The Kier molecular flexibility index (Phi) is 11.3. The summed E-state index contributed by atoms with van der Waals surface area (Å²) in [6, 6.07) is 0.808. The van der Waals surface area contributed by atoms with Crippen LogP contribution in [-0.4, -0.2) is 12.6 Å². The van der Waals surface area contributed by atoms with E-state index < -0.39 is 0 Å². The van der Waals surface area contributed by atoms with E-state index in [1.807, 2.05) is 0 Å². The zero-order chi connectivity index (χ0) is 15.3. The Balaban J connectivity index is 2.11. The van der Waals surface area contributed by atoms with E-state index >= 15 is 0 Å². The topological polar surface area (TPSA) is 12.0 Å². The van der Waals surface area contributed by atoms with E-state index in [-0.39, 0.29) is 0 Å². The van der Waals surface area contributed by atoms with Gasteiger partial charge in [-0.25, -0.2) is 0 Å². The molecule has 0 aromatic rings. The second kappa shape index (κ2) is 12.5. The van der Waals surface area contributed by atoms with Crippen LogP contribution in [0.1, 0.15) is 104 Å². The van der Waals surface area contributed by atoms with Crippen LogP contribution < -0.4 is 5.32 Å². The van der Waals surface area contributed by atoms with Gasteiger partial charge in [0.25, 0.3) is 0 Å². The quantitative estimate of drug-likeness (QED) is 0.392. The first-order valence-electron chi connectivity index (χ1n) is 10.0. The van der Waals surface area contributed by atoms with Crippen molar-refractivity contribution in [1.29, 1.82) is 0 Å². The first-order chi connectivity index (χ1) is 10.3. The summed E-state index contributed by atoms with van der Waals surface area (Å²) in [5, 5.41) is 3.86. The molecule has 1 rings (SSSR count). The van der Waals surface area contributed by atoms with Crippen LogP contribution in [0.25, 0.3) is 0 Å². The van der Waals surface area contributed by atoms with Crippen LogP contribution in [-0.2, 0) is 0 Å². The smallest absolute Gasteiger partial charge is 0.00978 e. The van der Waals surface area contributed by atoms with Gasteiger partial charge in [0.1, 0.15) is 0 Å². The van der Waals surface area contributed by atoms with Crippen molar-refractivity contribution in [1.82, 2.24) is 5.32 Å². The van der Waals surface area contributed by atoms with Crippen LogP contribution in [0.2, 0.25) is 0 Å². The monoisotopic (exact) mass is 295 g/mol. The highest BCUT2D eigenvalue weighted by atomic mass is 14.9. The molecule has 126 valence electrons. The summed E-state index contributed by atoms with van der Waals surface area (Å²) in [5.74, 6) is 1.91. The minimum atomic E-state index is 0.808. The molecule has 1 heteroatoms. The van der Waals surface area contributed by atoms with Gasteiger partial charge < -0.3 is 5.32 Å². The van der Waals surface area contributed by atoms with E-state index in [4.69, 9.17) is 0 Å². The van der Waals surface area contributed by atoms with Gasteiger partial charge in [0.2, 0.25) is 0 Å². The van der Waals surface area contributed by atoms with Crippen molar-refractivity contribution in [3.63, 3.8) is 0 Å². The SMILES string of the molecule is CCCCCCCCCCC(NCCC)C1CCCC1C. The van der Waals surface area contributed by atoms with E-state index in [2.05, 4.69) is 26.1 Å². The maximum absolute atomic E-state index is 3.86. The molecule has 1 saturated carbocycles. The summed E-state index contributed by atoms with van der Waals surface area (Å²) in [6.45, 7) is 8.28. The Morgan fingerprint density at radius 1 is 0.857 bits per heavy atom. The molecule has 3 unspecified atom stereocenters. The first-order valence-corrected chi connectivity index (χ1v) is 10.0. The van der Waals surface area contributed by atoms with Gasteiger partial charge in [-0.15, -0.1) is 0 Å². The maximum atomic E-state index is 3.86. The summed E-state index contributed by atoms with van der Waals surface area (Å²) in [6.07, 6.45) is 18.6. The van der Waals surface area contributed by atoms with E-state index in [1.54, 1.807) is 0 Å². The number of hydrogen-bond acceptors (Lipinski definition) is 1. The molecular weight excluding hydrogens is 254 g/mol. The molecule has 0 spiro atoms. The number of hydrogen-bond donors (Lipinski definition) is 1. The highest BCUT2D eigenvalue weighted by molar-refractivity contribution is 4.84. The zero-order valence-electron chi connectivity index (χ0n) is 15.1. The molecule has 3 atom stereocenters. The van der Waals surface area contributed by atoms with Crippen molar-refractivity contribution >= 4 is 0 Å². The molecule has 1 fully saturated rings. The largest absolute Gasteiger partial charge is 0.314 e. The minimum absolute atomic E-state index is 0.808. The fourth-order valence-electron chi connectivity index (χ4n) is 4.07. The molecule has 0 heterocycles. The van der Waals surface area contributed by atoms with Gasteiger partial charge in [-0.2, -0.15) is 0 Å². The van der Waals surface area contributed by atoms with E-state index in [1.165, 1.54) is 90.0 Å². The van der Waals surface area contributed by atoms with Crippen molar-refractivity contribution < 1.29 is 0 Å². The van der Waals surface area contributed by atoms with Gasteiger partial charge in [-0.1, -0.05) is 85.0 Å². The van der Waals surface area contributed by atoms with Crippen LogP contribution in [0.3, 0.4) is 0 Å². The molecule has 1 aliphatic rings. The van der Waals surface area contributed by atoms with E-state index in [9.17, 15) is 0 Å². The number of rotatable bonds is 13. The summed E-state index contributed by atoms with van der Waals surface area (Å²) in [5.41, 5.74) is 0. The van der Waals surface area contributed by atoms with Crippen molar-refractivity contribution in [2.45, 2.75) is 110 Å². The Morgan fingerprint density at radius 3 is 2.10 bits per heavy atom. The number of unbranched alkanes of at least 4 members (excludes halogenated alkanes) is 7. The van der Waals surface area contributed by atoms with Crippen LogP contribution in [0.5, 0.6) is 0 Å². The minimum Gasteiger partial charge on any atom is -0.314 e. The standard InChI is InChI=1S/C20H41N/c1-4-6-7-8-9-10-11-12-16-20(21-17-5-2)19-15-13-14-18(19)3/h18-21H,4-17H2,1-3H3. The third-order valence-corrected chi connectivity index (χ3v) is 5.47. The zero-order valence-corrected chi connectivity index (χ0v) is 15.1. The van der Waals surface area contributed by atoms with Crippen molar-refractivity contribution in [2.75, 3.05) is 6.54 Å². The van der Waals surface area contributed by atoms with Gasteiger partial charge in [0.15, 0.2) is 0 Å². The average Bonchev–Trinajstić information content (AvgIpc) is 2.91. The third-order valence-electron chi connectivity index (χ3n) is 5.47. The van der Waals surface area contributed by atoms with E-state index in [0.717, 1.165) is 17.9 Å². The lowest BCUT2D eigenvalue weighted by Gasteiger charge is -2.28. The predicted octanol–water partition coefficient (Wildman–Crippen LogP) is 6.32. The fraction of sp³-hybridized carbons (Fsp3) is 1.00. The van der Waals surface area contributed by atoms with E-state index in [0.29, 0.717) is 0 Å². The lowest BCUT2D eigenvalue weighted by molar-refractivity contribution is 0.277. The molecule has 0 aromatic carbocycles. The van der Waals surface area contributed by atoms with Crippen LogP contribution in [0.15, 0.2) is 0 Å². The van der Waals surface area contributed by atoms with Gasteiger partial charge in [-0.3, -0.25) is 0 Å². The second-order valence-electron chi connectivity index (χ2n) is 7.40. The fourth-order valence-corrected chi connectivity index (χ4v) is 4.07. The molecule has 0 aliphatic heterocycles. The van der Waals surface area contributed by atoms with Crippen molar-refractivity contribution in [2.24, 2.45) is 11.8 Å².